The summed E-state index contributed by atoms with van der Waals surface area (Å²) in [7, 11) is 0. The van der Waals surface area contributed by atoms with Crippen LogP contribution < -0.4 is 16.0 Å². The third-order valence-corrected chi connectivity index (χ3v) is 3.28. The quantitative estimate of drug-likeness (QED) is 0.708. The van der Waals surface area contributed by atoms with E-state index in [4.69, 9.17) is 0 Å². The molecule has 0 heterocycles. The summed E-state index contributed by atoms with van der Waals surface area (Å²) in [6.45, 7) is 7.85. The van der Waals surface area contributed by atoms with Crippen LogP contribution >= 0.6 is 0 Å². The van der Waals surface area contributed by atoms with Crippen LogP contribution in [-0.2, 0) is 14.3 Å². The molecule has 1 rings (SSSR count). The molecule has 132 valence electrons. The average molecular weight is 335 g/mol. The van der Waals surface area contributed by atoms with E-state index in [1.165, 1.54) is 0 Å². The normalized spacial score (nSPS) is 10.0. The van der Waals surface area contributed by atoms with E-state index in [1.54, 1.807) is 6.92 Å². The van der Waals surface area contributed by atoms with Gasteiger partial charge in [0, 0.05) is 18.7 Å². The Hall–Kier alpha value is -2.57. The van der Waals surface area contributed by atoms with Gasteiger partial charge in [-0.05, 0) is 38.8 Å². The number of nitrogens with one attached hydrogen (secondary N) is 3. The summed E-state index contributed by atoms with van der Waals surface area (Å²) >= 11 is 0. The molecular formula is C17H25N3O4. The van der Waals surface area contributed by atoms with E-state index in [0.29, 0.717) is 0 Å². The number of benzene rings is 1. The zero-order chi connectivity index (χ0) is 18.1. The second-order valence-electron chi connectivity index (χ2n) is 5.50. The fourth-order valence-electron chi connectivity index (χ4n) is 2.29. The minimum atomic E-state index is -0.562. The molecule has 0 unspecified atom stereocenters. The average Bonchev–Trinajstić information content (AvgIpc) is 2.49. The van der Waals surface area contributed by atoms with Crippen LogP contribution in [0.3, 0.4) is 0 Å². The lowest BCUT2D eigenvalue weighted by atomic mass is 10.1. The summed E-state index contributed by atoms with van der Waals surface area (Å²) < 4.78 is 4.67. The first-order valence-corrected chi connectivity index (χ1v) is 7.88. The van der Waals surface area contributed by atoms with Gasteiger partial charge in [-0.1, -0.05) is 17.7 Å². The fraction of sp³-hybridized carbons (Fsp3) is 0.471. The molecule has 0 spiro atoms. The zero-order valence-electron chi connectivity index (χ0n) is 14.6. The first kappa shape index (κ1) is 19.5. The number of ether oxygens (including phenoxy) is 1. The van der Waals surface area contributed by atoms with Crippen molar-refractivity contribution in [2.24, 2.45) is 0 Å². The Morgan fingerprint density at radius 1 is 1.00 bits per heavy atom. The Labute approximate surface area is 142 Å². The SMILES string of the molecule is CCOC(=O)NCCC(=O)NCC(=O)Nc1c(C)cc(C)cc1C. The molecule has 0 aromatic heterocycles. The molecule has 3 N–H and O–H groups in total. The Kier molecular flexibility index (Phi) is 7.74. The van der Waals surface area contributed by atoms with Gasteiger partial charge in [0.1, 0.15) is 0 Å². The third kappa shape index (κ3) is 6.68. The van der Waals surface area contributed by atoms with E-state index >= 15 is 0 Å². The predicted octanol–water partition coefficient (Wildman–Crippen LogP) is 1.80. The van der Waals surface area contributed by atoms with Gasteiger partial charge in [-0.15, -0.1) is 0 Å². The number of anilines is 1. The van der Waals surface area contributed by atoms with Gasteiger partial charge in [0.25, 0.3) is 0 Å². The van der Waals surface area contributed by atoms with Crippen LogP contribution in [0.5, 0.6) is 0 Å². The van der Waals surface area contributed by atoms with Gasteiger partial charge in [-0.2, -0.15) is 0 Å². The first-order valence-electron chi connectivity index (χ1n) is 7.88. The smallest absolute Gasteiger partial charge is 0.407 e. The van der Waals surface area contributed by atoms with Gasteiger partial charge in [0.2, 0.25) is 11.8 Å². The molecule has 7 heteroatoms. The first-order chi connectivity index (χ1) is 11.3. The largest absolute Gasteiger partial charge is 0.450 e. The molecule has 0 fully saturated rings. The van der Waals surface area contributed by atoms with Crippen molar-refractivity contribution in [3.63, 3.8) is 0 Å². The number of aryl methyl sites for hydroxylation is 3. The Balaban J connectivity index is 2.36. The van der Waals surface area contributed by atoms with Crippen LogP contribution in [0.25, 0.3) is 0 Å². The molecule has 0 bridgehead atoms. The van der Waals surface area contributed by atoms with Crippen molar-refractivity contribution in [1.82, 2.24) is 10.6 Å². The Morgan fingerprint density at radius 3 is 2.21 bits per heavy atom. The highest BCUT2D eigenvalue weighted by atomic mass is 16.5. The highest BCUT2D eigenvalue weighted by molar-refractivity contribution is 5.95. The van der Waals surface area contributed by atoms with Gasteiger partial charge in [0.15, 0.2) is 0 Å². The van der Waals surface area contributed by atoms with Gasteiger partial charge in [-0.25, -0.2) is 4.79 Å². The Morgan fingerprint density at radius 2 is 1.62 bits per heavy atom. The number of carbonyl (C=O) groups is 3. The number of alkyl carbamates (subject to hydrolysis) is 1. The molecule has 0 saturated heterocycles. The fourth-order valence-corrected chi connectivity index (χ4v) is 2.29. The summed E-state index contributed by atoms with van der Waals surface area (Å²) in [5, 5.41) is 7.76. The highest BCUT2D eigenvalue weighted by Crippen LogP contribution is 2.21. The minimum Gasteiger partial charge on any atom is -0.450 e. The van der Waals surface area contributed by atoms with E-state index in [1.807, 2.05) is 32.9 Å². The second-order valence-corrected chi connectivity index (χ2v) is 5.50. The second kappa shape index (κ2) is 9.54. The molecular weight excluding hydrogens is 310 g/mol. The van der Waals surface area contributed by atoms with Crippen molar-refractivity contribution in [3.8, 4) is 0 Å². The molecule has 3 amide bonds. The van der Waals surface area contributed by atoms with E-state index in [0.717, 1.165) is 22.4 Å². The van der Waals surface area contributed by atoms with Crippen LogP contribution in [0, 0.1) is 20.8 Å². The number of amides is 3. The van der Waals surface area contributed by atoms with Crippen molar-refractivity contribution in [2.45, 2.75) is 34.1 Å². The van der Waals surface area contributed by atoms with Crippen LogP contribution in [-0.4, -0.2) is 37.6 Å². The van der Waals surface area contributed by atoms with Gasteiger partial charge in [0.05, 0.1) is 13.2 Å². The summed E-state index contributed by atoms with van der Waals surface area (Å²) in [5.74, 6) is -0.615. The lowest BCUT2D eigenvalue weighted by Gasteiger charge is -2.13. The summed E-state index contributed by atoms with van der Waals surface area (Å²) in [4.78, 5) is 34.6. The van der Waals surface area contributed by atoms with Crippen LogP contribution in [0.2, 0.25) is 0 Å². The molecule has 0 saturated carbocycles. The molecule has 0 aliphatic carbocycles. The summed E-state index contributed by atoms with van der Waals surface area (Å²) in [6, 6.07) is 3.98. The topological polar surface area (TPSA) is 96.5 Å². The van der Waals surface area contributed by atoms with E-state index < -0.39 is 6.09 Å². The number of hydrogen-bond acceptors (Lipinski definition) is 4. The van der Waals surface area contributed by atoms with Crippen LogP contribution in [0.15, 0.2) is 12.1 Å². The predicted molar refractivity (Wildman–Crippen MR) is 91.9 cm³/mol. The monoisotopic (exact) mass is 335 g/mol. The zero-order valence-corrected chi connectivity index (χ0v) is 14.6. The van der Waals surface area contributed by atoms with Gasteiger partial charge >= 0.3 is 6.09 Å². The molecule has 1 aromatic rings. The maximum Gasteiger partial charge on any atom is 0.407 e. The van der Waals surface area contributed by atoms with Crippen molar-refractivity contribution in [3.05, 3.63) is 28.8 Å². The standard InChI is InChI=1S/C17H25N3O4/c1-5-24-17(23)18-7-6-14(21)19-10-15(22)20-16-12(3)8-11(2)9-13(16)4/h8-9H,5-7,10H2,1-4H3,(H,18,23)(H,19,21)(H,20,22). The lowest BCUT2D eigenvalue weighted by molar-refractivity contribution is -0.124. The van der Waals surface area contributed by atoms with Crippen molar-refractivity contribution in [2.75, 3.05) is 25.0 Å². The number of hydrogen-bond donors (Lipinski definition) is 3. The molecule has 0 radical (unpaired) electrons. The van der Waals surface area contributed by atoms with E-state index in [9.17, 15) is 14.4 Å². The maximum absolute atomic E-state index is 12.0. The van der Waals surface area contributed by atoms with E-state index in [-0.39, 0.29) is 37.9 Å². The van der Waals surface area contributed by atoms with Gasteiger partial charge in [-0.3, -0.25) is 9.59 Å². The highest BCUT2D eigenvalue weighted by Gasteiger charge is 2.10. The van der Waals surface area contributed by atoms with Crippen molar-refractivity contribution < 1.29 is 19.1 Å². The maximum atomic E-state index is 12.0. The van der Waals surface area contributed by atoms with Crippen LogP contribution in [0.4, 0.5) is 10.5 Å². The van der Waals surface area contributed by atoms with E-state index in [2.05, 4.69) is 20.7 Å². The van der Waals surface area contributed by atoms with Crippen molar-refractivity contribution in [1.29, 1.82) is 0 Å². The molecule has 24 heavy (non-hydrogen) atoms. The summed E-state index contributed by atoms with van der Waals surface area (Å²) in [5.41, 5.74) is 3.85. The number of carbonyl (C=O) groups excluding carboxylic acids is 3. The Bertz CT molecular complexity index is 591. The third-order valence-electron chi connectivity index (χ3n) is 3.28. The minimum absolute atomic E-state index is 0.0781. The van der Waals surface area contributed by atoms with Crippen LogP contribution in [0.1, 0.15) is 30.0 Å². The molecule has 7 nitrogen and oxygen atoms in total. The number of rotatable bonds is 7. The van der Waals surface area contributed by atoms with Crippen molar-refractivity contribution >= 4 is 23.6 Å². The van der Waals surface area contributed by atoms with Gasteiger partial charge < -0.3 is 20.7 Å². The molecule has 0 aliphatic heterocycles. The molecule has 1 aromatic carbocycles. The summed E-state index contributed by atoms with van der Waals surface area (Å²) in [6.07, 6.45) is -0.484. The molecule has 0 aliphatic rings. The lowest BCUT2D eigenvalue weighted by Crippen LogP contribution is -2.35. The molecule has 0 atom stereocenters.